The van der Waals surface area contributed by atoms with Gasteiger partial charge in [-0.25, -0.2) is 0 Å². The molecule has 0 amide bonds. The van der Waals surface area contributed by atoms with Gasteiger partial charge >= 0.3 is 5.97 Å². The van der Waals surface area contributed by atoms with E-state index in [4.69, 9.17) is 10.4 Å². The maximum absolute atomic E-state index is 10.3. The van der Waals surface area contributed by atoms with Gasteiger partial charge in [0.15, 0.2) is 0 Å². The molecule has 0 aliphatic rings. The molecule has 1 rings (SSSR count). The second kappa shape index (κ2) is 7.33. The van der Waals surface area contributed by atoms with Crippen LogP contribution in [0.25, 0.3) is 0 Å². The largest absolute Gasteiger partial charge is 0.481 e. The molecule has 0 heterocycles. The van der Waals surface area contributed by atoms with Crippen LogP contribution in [0.1, 0.15) is 31.2 Å². The molecule has 0 saturated carbocycles. The Morgan fingerprint density at radius 2 is 1.94 bits per heavy atom. The van der Waals surface area contributed by atoms with Gasteiger partial charge < -0.3 is 10.0 Å². The van der Waals surface area contributed by atoms with Crippen molar-refractivity contribution in [2.75, 3.05) is 18.5 Å². The monoisotopic (exact) mass is 246 g/mol. The summed E-state index contributed by atoms with van der Waals surface area (Å²) in [4.78, 5) is 12.5. The number of aliphatic carboxylic acids is 1. The maximum atomic E-state index is 10.3. The summed E-state index contributed by atoms with van der Waals surface area (Å²) in [6, 6.07) is 9.55. The number of benzene rings is 1. The fourth-order valence-electron chi connectivity index (χ4n) is 1.72. The Kier molecular flexibility index (Phi) is 5.72. The van der Waals surface area contributed by atoms with Crippen molar-refractivity contribution in [3.8, 4) is 6.07 Å². The van der Waals surface area contributed by atoms with Crippen LogP contribution in [-0.2, 0) is 4.79 Å². The van der Waals surface area contributed by atoms with E-state index in [9.17, 15) is 4.79 Å². The third-order valence-corrected chi connectivity index (χ3v) is 2.82. The number of nitriles is 1. The molecule has 0 unspecified atom stereocenters. The van der Waals surface area contributed by atoms with Crippen LogP contribution in [0.15, 0.2) is 24.3 Å². The third kappa shape index (κ3) is 4.88. The molecule has 1 aromatic carbocycles. The lowest BCUT2D eigenvalue weighted by Gasteiger charge is -2.19. The molecule has 0 aliphatic heterocycles. The molecule has 4 nitrogen and oxygen atoms in total. The molecule has 0 bridgehead atoms. The van der Waals surface area contributed by atoms with E-state index in [2.05, 4.69) is 11.0 Å². The van der Waals surface area contributed by atoms with Gasteiger partial charge in [0.1, 0.15) is 0 Å². The average Bonchev–Trinajstić information content (AvgIpc) is 2.38. The molecule has 96 valence electrons. The Morgan fingerprint density at radius 3 is 2.50 bits per heavy atom. The summed E-state index contributed by atoms with van der Waals surface area (Å²) in [6.45, 7) is 0.894. The van der Waals surface area contributed by atoms with E-state index in [1.165, 1.54) is 0 Å². The SMILES string of the molecule is CN(CCCCCC(=O)O)c1ccc(C#N)cc1. The Hall–Kier alpha value is -2.02. The number of carbonyl (C=O) groups is 1. The zero-order valence-electron chi connectivity index (χ0n) is 10.6. The first-order valence-electron chi connectivity index (χ1n) is 6.06. The Labute approximate surface area is 107 Å². The van der Waals surface area contributed by atoms with Crippen LogP contribution in [0.5, 0.6) is 0 Å². The van der Waals surface area contributed by atoms with Crippen LogP contribution in [0.3, 0.4) is 0 Å². The van der Waals surface area contributed by atoms with Crippen molar-refractivity contribution in [2.24, 2.45) is 0 Å². The first-order chi connectivity index (χ1) is 8.63. The molecule has 4 heteroatoms. The van der Waals surface area contributed by atoms with Crippen LogP contribution < -0.4 is 4.90 Å². The standard InChI is InChI=1S/C14H18N2O2/c1-16(10-4-2-3-5-14(17)18)13-8-6-12(11-15)7-9-13/h6-9H,2-5,10H2,1H3,(H,17,18). The first kappa shape index (κ1) is 14.0. The van der Waals surface area contributed by atoms with E-state index >= 15 is 0 Å². The van der Waals surface area contributed by atoms with Crippen LogP contribution in [0.2, 0.25) is 0 Å². The van der Waals surface area contributed by atoms with Gasteiger partial charge in [0.25, 0.3) is 0 Å². The summed E-state index contributed by atoms with van der Waals surface area (Å²) in [5.74, 6) is -0.726. The minimum atomic E-state index is -0.726. The molecule has 1 N–H and O–H groups in total. The minimum absolute atomic E-state index is 0.251. The van der Waals surface area contributed by atoms with Crippen LogP contribution in [-0.4, -0.2) is 24.7 Å². The average molecular weight is 246 g/mol. The molecule has 0 atom stereocenters. The fourth-order valence-corrected chi connectivity index (χ4v) is 1.72. The molecular formula is C14H18N2O2. The highest BCUT2D eigenvalue weighted by Gasteiger charge is 2.01. The van der Waals surface area contributed by atoms with Gasteiger partial charge in [-0.15, -0.1) is 0 Å². The zero-order chi connectivity index (χ0) is 13.4. The summed E-state index contributed by atoms with van der Waals surface area (Å²) in [5, 5.41) is 17.2. The number of rotatable bonds is 7. The smallest absolute Gasteiger partial charge is 0.303 e. The van der Waals surface area contributed by atoms with Gasteiger partial charge in [0.05, 0.1) is 11.6 Å². The lowest BCUT2D eigenvalue weighted by Crippen LogP contribution is -2.18. The van der Waals surface area contributed by atoms with Crippen molar-refractivity contribution in [1.82, 2.24) is 0 Å². The minimum Gasteiger partial charge on any atom is -0.481 e. The molecule has 1 aromatic rings. The van der Waals surface area contributed by atoms with Crippen molar-refractivity contribution >= 4 is 11.7 Å². The number of anilines is 1. The molecule has 0 spiro atoms. The molecule has 0 saturated heterocycles. The van der Waals surface area contributed by atoms with Gasteiger partial charge in [-0.2, -0.15) is 5.26 Å². The number of hydrogen-bond acceptors (Lipinski definition) is 3. The highest BCUT2D eigenvalue weighted by Crippen LogP contribution is 2.14. The Morgan fingerprint density at radius 1 is 1.28 bits per heavy atom. The van der Waals surface area contributed by atoms with E-state index in [0.717, 1.165) is 31.5 Å². The number of carboxylic acid groups (broad SMARTS) is 1. The summed E-state index contributed by atoms with van der Waals surface area (Å²) >= 11 is 0. The van der Waals surface area contributed by atoms with Crippen molar-refractivity contribution in [3.05, 3.63) is 29.8 Å². The molecular weight excluding hydrogens is 228 g/mol. The van der Waals surface area contributed by atoms with Crippen molar-refractivity contribution in [3.63, 3.8) is 0 Å². The summed E-state index contributed by atoms with van der Waals surface area (Å²) < 4.78 is 0. The molecule has 0 aromatic heterocycles. The van der Waals surface area contributed by atoms with Gasteiger partial charge in [-0.05, 0) is 37.1 Å². The summed E-state index contributed by atoms with van der Waals surface area (Å²) in [6.07, 6.45) is 2.88. The summed E-state index contributed by atoms with van der Waals surface area (Å²) in [5.41, 5.74) is 1.74. The number of nitrogens with zero attached hydrogens (tertiary/aromatic N) is 2. The summed E-state index contributed by atoms with van der Waals surface area (Å²) in [7, 11) is 2.00. The van der Waals surface area contributed by atoms with E-state index in [0.29, 0.717) is 5.56 Å². The quantitative estimate of drug-likeness (QED) is 0.751. The Bertz CT molecular complexity index is 420. The normalized spacial score (nSPS) is 9.78. The maximum Gasteiger partial charge on any atom is 0.303 e. The number of unbranched alkanes of at least 4 members (excludes halogenated alkanes) is 2. The van der Waals surface area contributed by atoms with Gasteiger partial charge in [0.2, 0.25) is 0 Å². The molecule has 18 heavy (non-hydrogen) atoms. The van der Waals surface area contributed by atoms with Crippen LogP contribution in [0.4, 0.5) is 5.69 Å². The fraction of sp³-hybridized carbons (Fsp3) is 0.429. The lowest BCUT2D eigenvalue weighted by molar-refractivity contribution is -0.137. The van der Waals surface area contributed by atoms with Crippen molar-refractivity contribution < 1.29 is 9.90 Å². The van der Waals surface area contributed by atoms with E-state index < -0.39 is 5.97 Å². The van der Waals surface area contributed by atoms with E-state index in [-0.39, 0.29) is 6.42 Å². The number of carboxylic acids is 1. The zero-order valence-corrected chi connectivity index (χ0v) is 10.6. The lowest BCUT2D eigenvalue weighted by atomic mass is 10.1. The molecule has 0 aliphatic carbocycles. The van der Waals surface area contributed by atoms with E-state index in [1.807, 2.05) is 19.2 Å². The van der Waals surface area contributed by atoms with Gasteiger partial charge in [0, 0.05) is 25.7 Å². The van der Waals surface area contributed by atoms with E-state index in [1.54, 1.807) is 12.1 Å². The first-order valence-corrected chi connectivity index (χ1v) is 6.06. The second-order valence-electron chi connectivity index (χ2n) is 4.28. The van der Waals surface area contributed by atoms with Gasteiger partial charge in [-0.1, -0.05) is 6.42 Å². The highest BCUT2D eigenvalue weighted by atomic mass is 16.4. The van der Waals surface area contributed by atoms with Crippen LogP contribution in [0, 0.1) is 11.3 Å². The molecule has 0 fully saturated rings. The van der Waals surface area contributed by atoms with Crippen LogP contribution >= 0.6 is 0 Å². The Balaban J connectivity index is 2.29. The number of hydrogen-bond donors (Lipinski definition) is 1. The molecule has 0 radical (unpaired) electrons. The second-order valence-corrected chi connectivity index (χ2v) is 4.28. The topological polar surface area (TPSA) is 64.3 Å². The third-order valence-electron chi connectivity index (χ3n) is 2.82. The van der Waals surface area contributed by atoms with Crippen molar-refractivity contribution in [1.29, 1.82) is 5.26 Å². The predicted octanol–water partition coefficient (Wildman–Crippen LogP) is 2.64. The van der Waals surface area contributed by atoms with Gasteiger partial charge in [-0.3, -0.25) is 4.79 Å². The highest BCUT2D eigenvalue weighted by molar-refractivity contribution is 5.66. The predicted molar refractivity (Wildman–Crippen MR) is 70.5 cm³/mol. The van der Waals surface area contributed by atoms with Crippen molar-refractivity contribution in [2.45, 2.75) is 25.7 Å².